The third-order valence-electron chi connectivity index (χ3n) is 4.56. The van der Waals surface area contributed by atoms with Gasteiger partial charge in [0, 0.05) is 11.5 Å². The zero-order chi connectivity index (χ0) is 16.2. The standard InChI is InChI=1S/C21H24O2/c1-15(2)18-9-6-10-19(20(13-22)17-11-12-17)21(18)23-14-16-7-4-3-5-8-16/h3-10,13,15,17,20H,11-12,14H2,1-2H3. The van der Waals surface area contributed by atoms with Crippen molar-refractivity contribution in [3.8, 4) is 5.75 Å². The van der Waals surface area contributed by atoms with Gasteiger partial charge in [-0.05, 0) is 35.8 Å². The molecule has 0 aromatic heterocycles. The maximum absolute atomic E-state index is 11.6. The molecule has 0 radical (unpaired) electrons. The van der Waals surface area contributed by atoms with E-state index in [1.54, 1.807) is 0 Å². The van der Waals surface area contributed by atoms with E-state index in [-0.39, 0.29) is 5.92 Å². The molecule has 0 amide bonds. The van der Waals surface area contributed by atoms with Crippen LogP contribution in [0.25, 0.3) is 0 Å². The first-order valence-electron chi connectivity index (χ1n) is 8.45. The number of benzene rings is 2. The number of carbonyl (C=O) groups excluding carboxylic acids is 1. The highest BCUT2D eigenvalue weighted by molar-refractivity contribution is 5.66. The van der Waals surface area contributed by atoms with Crippen molar-refractivity contribution < 1.29 is 9.53 Å². The van der Waals surface area contributed by atoms with Crippen LogP contribution in [-0.2, 0) is 11.4 Å². The van der Waals surface area contributed by atoms with E-state index in [2.05, 4.69) is 44.2 Å². The highest BCUT2D eigenvalue weighted by Gasteiger charge is 2.34. The molecule has 0 N–H and O–H groups in total. The van der Waals surface area contributed by atoms with Gasteiger partial charge in [-0.1, -0.05) is 62.4 Å². The number of rotatable bonds is 7. The molecule has 1 aliphatic rings. The molecule has 2 aromatic rings. The summed E-state index contributed by atoms with van der Waals surface area (Å²) in [5.74, 6) is 1.75. The van der Waals surface area contributed by atoms with Gasteiger partial charge in [0.15, 0.2) is 0 Å². The Morgan fingerprint density at radius 2 is 1.74 bits per heavy atom. The third kappa shape index (κ3) is 3.64. The molecule has 0 heterocycles. The maximum Gasteiger partial charge on any atom is 0.127 e. The van der Waals surface area contributed by atoms with Crippen molar-refractivity contribution in [3.63, 3.8) is 0 Å². The SMILES string of the molecule is CC(C)c1cccc(C(C=O)C2CC2)c1OCc1ccccc1. The van der Waals surface area contributed by atoms with Crippen LogP contribution in [0.2, 0.25) is 0 Å². The van der Waals surface area contributed by atoms with Gasteiger partial charge in [-0.2, -0.15) is 0 Å². The van der Waals surface area contributed by atoms with Gasteiger partial charge in [0.25, 0.3) is 0 Å². The molecule has 2 heteroatoms. The first kappa shape index (κ1) is 15.8. The number of hydrogen-bond donors (Lipinski definition) is 0. The van der Waals surface area contributed by atoms with Crippen LogP contribution in [0.4, 0.5) is 0 Å². The Hall–Kier alpha value is -2.09. The third-order valence-corrected chi connectivity index (χ3v) is 4.56. The molecule has 1 atom stereocenters. The lowest BCUT2D eigenvalue weighted by Gasteiger charge is -2.21. The molecule has 0 saturated heterocycles. The Morgan fingerprint density at radius 1 is 1.04 bits per heavy atom. The fourth-order valence-electron chi connectivity index (χ4n) is 3.08. The Kier molecular flexibility index (Phi) is 4.80. The minimum Gasteiger partial charge on any atom is -0.488 e. The van der Waals surface area contributed by atoms with Crippen LogP contribution in [0.1, 0.15) is 55.2 Å². The van der Waals surface area contributed by atoms with Crippen LogP contribution in [0, 0.1) is 5.92 Å². The molecule has 1 saturated carbocycles. The van der Waals surface area contributed by atoms with Crippen LogP contribution in [0.5, 0.6) is 5.75 Å². The Labute approximate surface area is 138 Å². The van der Waals surface area contributed by atoms with Crippen LogP contribution in [-0.4, -0.2) is 6.29 Å². The first-order valence-corrected chi connectivity index (χ1v) is 8.45. The monoisotopic (exact) mass is 308 g/mol. The molecule has 1 fully saturated rings. The van der Waals surface area contributed by atoms with E-state index in [1.165, 1.54) is 5.56 Å². The number of hydrogen-bond acceptors (Lipinski definition) is 2. The smallest absolute Gasteiger partial charge is 0.127 e. The number of carbonyl (C=O) groups is 1. The summed E-state index contributed by atoms with van der Waals surface area (Å²) in [5.41, 5.74) is 3.39. The Bertz CT molecular complexity index is 657. The molecule has 0 aliphatic heterocycles. The summed E-state index contributed by atoms with van der Waals surface area (Å²) in [6, 6.07) is 16.4. The minimum atomic E-state index is -0.0283. The fourth-order valence-corrected chi connectivity index (χ4v) is 3.08. The summed E-state index contributed by atoms with van der Waals surface area (Å²) in [4.78, 5) is 11.6. The fraction of sp³-hybridized carbons (Fsp3) is 0.381. The molecular formula is C21H24O2. The minimum absolute atomic E-state index is 0.0283. The number of ether oxygens (including phenoxy) is 1. The summed E-state index contributed by atoms with van der Waals surface area (Å²) in [6.45, 7) is 4.87. The molecule has 0 bridgehead atoms. The van der Waals surface area contributed by atoms with Crippen LogP contribution in [0.15, 0.2) is 48.5 Å². The second kappa shape index (κ2) is 6.99. The van der Waals surface area contributed by atoms with Crippen molar-refractivity contribution in [1.82, 2.24) is 0 Å². The molecule has 1 aliphatic carbocycles. The van der Waals surface area contributed by atoms with Crippen LogP contribution < -0.4 is 4.74 Å². The normalized spacial score (nSPS) is 15.4. The first-order chi connectivity index (χ1) is 11.2. The topological polar surface area (TPSA) is 26.3 Å². The van der Waals surface area contributed by atoms with E-state index in [4.69, 9.17) is 4.74 Å². The van der Waals surface area contributed by atoms with Crippen molar-refractivity contribution in [2.45, 2.75) is 45.1 Å². The lowest BCUT2D eigenvalue weighted by Crippen LogP contribution is -2.09. The highest BCUT2D eigenvalue weighted by Crippen LogP contribution is 2.45. The van der Waals surface area contributed by atoms with Gasteiger partial charge in [-0.15, -0.1) is 0 Å². The van der Waals surface area contributed by atoms with Crippen LogP contribution >= 0.6 is 0 Å². The molecule has 2 aromatic carbocycles. The lowest BCUT2D eigenvalue weighted by molar-refractivity contribution is -0.109. The quantitative estimate of drug-likeness (QED) is 0.667. The van der Waals surface area contributed by atoms with E-state index in [0.29, 0.717) is 18.4 Å². The molecule has 1 unspecified atom stereocenters. The molecule has 2 nitrogen and oxygen atoms in total. The van der Waals surface area contributed by atoms with Gasteiger partial charge in [-0.3, -0.25) is 0 Å². The average Bonchev–Trinajstić information content (AvgIpc) is 3.40. The van der Waals surface area contributed by atoms with Crippen molar-refractivity contribution in [3.05, 3.63) is 65.2 Å². The van der Waals surface area contributed by atoms with Crippen molar-refractivity contribution >= 4 is 6.29 Å². The second-order valence-electron chi connectivity index (χ2n) is 6.69. The molecule has 23 heavy (non-hydrogen) atoms. The van der Waals surface area contributed by atoms with Gasteiger partial charge in [0.05, 0.1) is 0 Å². The van der Waals surface area contributed by atoms with Crippen LogP contribution in [0.3, 0.4) is 0 Å². The second-order valence-corrected chi connectivity index (χ2v) is 6.69. The lowest BCUT2D eigenvalue weighted by atomic mass is 9.90. The zero-order valence-electron chi connectivity index (χ0n) is 13.9. The van der Waals surface area contributed by atoms with Gasteiger partial charge < -0.3 is 9.53 Å². The number of para-hydroxylation sites is 1. The van der Waals surface area contributed by atoms with E-state index < -0.39 is 0 Å². The van der Waals surface area contributed by atoms with E-state index in [1.807, 2.05) is 18.2 Å². The summed E-state index contributed by atoms with van der Waals surface area (Å²) in [6.07, 6.45) is 3.40. The van der Waals surface area contributed by atoms with Crippen molar-refractivity contribution in [1.29, 1.82) is 0 Å². The van der Waals surface area contributed by atoms with E-state index in [0.717, 1.165) is 36.0 Å². The van der Waals surface area contributed by atoms with Gasteiger partial charge >= 0.3 is 0 Å². The Morgan fingerprint density at radius 3 is 2.35 bits per heavy atom. The summed E-state index contributed by atoms with van der Waals surface area (Å²) < 4.78 is 6.22. The predicted molar refractivity (Wildman–Crippen MR) is 92.8 cm³/mol. The molecular weight excluding hydrogens is 284 g/mol. The largest absolute Gasteiger partial charge is 0.488 e. The predicted octanol–water partition coefficient (Wildman–Crippen LogP) is 5.08. The summed E-state index contributed by atoms with van der Waals surface area (Å²) in [5, 5.41) is 0. The van der Waals surface area contributed by atoms with Gasteiger partial charge in [0.1, 0.15) is 18.6 Å². The van der Waals surface area contributed by atoms with E-state index >= 15 is 0 Å². The summed E-state index contributed by atoms with van der Waals surface area (Å²) >= 11 is 0. The molecule has 120 valence electrons. The zero-order valence-corrected chi connectivity index (χ0v) is 13.9. The average molecular weight is 308 g/mol. The highest BCUT2D eigenvalue weighted by atomic mass is 16.5. The van der Waals surface area contributed by atoms with Gasteiger partial charge in [0.2, 0.25) is 0 Å². The van der Waals surface area contributed by atoms with E-state index in [9.17, 15) is 4.79 Å². The van der Waals surface area contributed by atoms with Gasteiger partial charge in [-0.25, -0.2) is 0 Å². The maximum atomic E-state index is 11.6. The van der Waals surface area contributed by atoms with Crippen molar-refractivity contribution in [2.24, 2.45) is 5.92 Å². The molecule has 3 rings (SSSR count). The van der Waals surface area contributed by atoms with Crippen molar-refractivity contribution in [2.75, 3.05) is 0 Å². The Balaban J connectivity index is 1.92. The molecule has 0 spiro atoms. The summed E-state index contributed by atoms with van der Waals surface area (Å²) in [7, 11) is 0. The number of aldehydes is 1.